The van der Waals surface area contributed by atoms with Gasteiger partial charge in [0.15, 0.2) is 0 Å². The predicted molar refractivity (Wildman–Crippen MR) is 84.5 cm³/mol. The Hall–Kier alpha value is -1.33. The van der Waals surface area contributed by atoms with Gasteiger partial charge in [-0.15, -0.1) is 0 Å². The van der Waals surface area contributed by atoms with Gasteiger partial charge in [-0.1, -0.05) is 24.3 Å². The van der Waals surface area contributed by atoms with E-state index in [-0.39, 0.29) is 24.2 Å². The highest BCUT2D eigenvalue weighted by Gasteiger charge is 2.51. The largest absolute Gasteiger partial charge is 0.494 e. The molecule has 0 atom stereocenters. The van der Waals surface area contributed by atoms with Gasteiger partial charge in [0.2, 0.25) is 5.91 Å². The normalized spacial score (nSPS) is 19.6. The third kappa shape index (κ3) is 3.47. The summed E-state index contributed by atoms with van der Waals surface area (Å²) in [6.07, 6.45) is 0.400. The Morgan fingerprint density at radius 1 is 1.10 bits per heavy atom. The summed E-state index contributed by atoms with van der Waals surface area (Å²) in [5.74, 6) is 0.0425. The molecule has 2 rings (SSSR count). The maximum Gasteiger partial charge on any atom is 0.494 e. The van der Waals surface area contributed by atoms with Crippen LogP contribution in [-0.4, -0.2) is 30.8 Å². The van der Waals surface area contributed by atoms with Crippen LogP contribution in [0.2, 0.25) is 0 Å². The molecule has 1 aromatic carbocycles. The van der Waals surface area contributed by atoms with Gasteiger partial charge in [-0.3, -0.25) is 4.79 Å². The van der Waals surface area contributed by atoms with Crippen LogP contribution in [0.1, 0.15) is 40.2 Å². The average molecular weight is 289 g/mol. The molecular weight excluding hydrogens is 265 g/mol. The zero-order valence-electron chi connectivity index (χ0n) is 13.5. The molecule has 1 aliphatic heterocycles. The molecule has 0 spiro atoms. The monoisotopic (exact) mass is 289 g/mol. The second kappa shape index (κ2) is 5.81. The molecule has 5 heteroatoms. The molecule has 0 aliphatic carbocycles. The number of amides is 1. The van der Waals surface area contributed by atoms with Gasteiger partial charge in [-0.25, -0.2) is 0 Å². The third-order valence-corrected chi connectivity index (χ3v) is 4.24. The molecule has 1 heterocycles. The second-order valence-corrected chi connectivity index (χ2v) is 6.46. The smallest absolute Gasteiger partial charge is 0.399 e. The van der Waals surface area contributed by atoms with E-state index in [9.17, 15) is 4.79 Å². The van der Waals surface area contributed by atoms with Crippen molar-refractivity contribution in [3.63, 3.8) is 0 Å². The van der Waals surface area contributed by atoms with Crippen LogP contribution in [0.15, 0.2) is 24.3 Å². The zero-order chi connectivity index (χ0) is 15.7. The van der Waals surface area contributed by atoms with E-state index >= 15 is 0 Å². The average Bonchev–Trinajstić information content (AvgIpc) is 2.59. The van der Waals surface area contributed by atoms with E-state index in [2.05, 4.69) is 5.32 Å². The van der Waals surface area contributed by atoms with Crippen molar-refractivity contribution in [1.82, 2.24) is 5.32 Å². The molecule has 1 saturated heterocycles. The fourth-order valence-corrected chi connectivity index (χ4v) is 2.22. The molecule has 0 unspecified atom stereocenters. The Bertz CT molecular complexity index is 495. The van der Waals surface area contributed by atoms with Crippen LogP contribution >= 0.6 is 0 Å². The van der Waals surface area contributed by atoms with E-state index in [0.717, 1.165) is 11.0 Å². The zero-order valence-corrected chi connectivity index (χ0v) is 13.5. The van der Waals surface area contributed by atoms with Crippen molar-refractivity contribution < 1.29 is 14.1 Å². The number of rotatable bonds is 4. The molecule has 1 N–H and O–H groups in total. The number of hydrogen-bond acceptors (Lipinski definition) is 3. The first-order valence-corrected chi connectivity index (χ1v) is 7.46. The maximum atomic E-state index is 11.6. The Morgan fingerprint density at radius 3 is 2.10 bits per heavy atom. The number of benzene rings is 1. The summed E-state index contributed by atoms with van der Waals surface area (Å²) in [6.45, 7) is 10.7. The Labute approximate surface area is 127 Å². The first-order valence-electron chi connectivity index (χ1n) is 7.46. The first-order chi connectivity index (χ1) is 9.75. The van der Waals surface area contributed by atoms with Gasteiger partial charge >= 0.3 is 7.12 Å². The molecule has 21 heavy (non-hydrogen) atoms. The van der Waals surface area contributed by atoms with Gasteiger partial charge in [0.1, 0.15) is 0 Å². The van der Waals surface area contributed by atoms with Crippen molar-refractivity contribution in [3.8, 4) is 0 Å². The van der Waals surface area contributed by atoms with Gasteiger partial charge in [-0.05, 0) is 45.6 Å². The van der Waals surface area contributed by atoms with Crippen LogP contribution in [0, 0.1) is 0 Å². The van der Waals surface area contributed by atoms with Crippen molar-refractivity contribution in [1.29, 1.82) is 0 Å². The van der Waals surface area contributed by atoms with Crippen molar-refractivity contribution in [2.24, 2.45) is 0 Å². The van der Waals surface area contributed by atoms with E-state index in [1.165, 1.54) is 0 Å². The second-order valence-electron chi connectivity index (χ2n) is 6.46. The minimum absolute atomic E-state index is 0.0425. The lowest BCUT2D eigenvalue weighted by molar-refractivity contribution is -0.120. The van der Waals surface area contributed by atoms with Crippen LogP contribution in [0.3, 0.4) is 0 Å². The third-order valence-electron chi connectivity index (χ3n) is 4.24. The molecule has 0 aromatic heterocycles. The number of nitrogens with one attached hydrogen (secondary N) is 1. The van der Waals surface area contributed by atoms with Gasteiger partial charge in [0.25, 0.3) is 0 Å². The molecule has 114 valence electrons. The van der Waals surface area contributed by atoms with E-state index in [1.54, 1.807) is 0 Å². The summed E-state index contributed by atoms with van der Waals surface area (Å²) in [5.41, 5.74) is 1.30. The summed E-state index contributed by atoms with van der Waals surface area (Å²) in [7, 11) is -0.353. The SMILES string of the molecule is CCNC(=O)Cc1ccc(B2OC(C)(C)C(C)(C)O2)cc1. The minimum atomic E-state index is -0.353. The number of carbonyl (C=O) groups is 1. The van der Waals surface area contributed by atoms with Gasteiger partial charge in [-0.2, -0.15) is 0 Å². The van der Waals surface area contributed by atoms with Crippen LogP contribution in [0.25, 0.3) is 0 Å². The number of hydrogen-bond donors (Lipinski definition) is 1. The molecule has 1 aromatic rings. The van der Waals surface area contributed by atoms with E-state index in [4.69, 9.17) is 9.31 Å². The maximum absolute atomic E-state index is 11.6. The first kappa shape index (κ1) is 16.1. The molecule has 1 amide bonds. The molecule has 0 radical (unpaired) electrons. The van der Waals surface area contributed by atoms with Gasteiger partial charge < -0.3 is 14.6 Å². The lowest BCUT2D eigenvalue weighted by Crippen LogP contribution is -2.41. The molecule has 4 nitrogen and oxygen atoms in total. The fourth-order valence-electron chi connectivity index (χ4n) is 2.22. The summed E-state index contributed by atoms with van der Waals surface area (Å²) >= 11 is 0. The van der Waals surface area contributed by atoms with Crippen molar-refractivity contribution >= 4 is 18.5 Å². The summed E-state index contributed by atoms with van der Waals surface area (Å²) in [5, 5.41) is 2.80. The Kier molecular flexibility index (Phi) is 4.44. The Balaban J connectivity index is 2.05. The standard InChI is InChI=1S/C16H24BNO3/c1-6-18-14(19)11-12-7-9-13(10-8-12)17-20-15(2,3)16(4,5)21-17/h7-10H,6,11H2,1-5H3,(H,18,19). The molecule has 0 bridgehead atoms. The van der Waals surface area contributed by atoms with E-state index in [0.29, 0.717) is 13.0 Å². The highest BCUT2D eigenvalue weighted by Crippen LogP contribution is 2.36. The molecular formula is C16H24BNO3. The van der Waals surface area contributed by atoms with Gasteiger partial charge in [0.05, 0.1) is 17.6 Å². The molecule has 1 fully saturated rings. The van der Waals surface area contributed by atoms with Crippen LogP contribution in [0.4, 0.5) is 0 Å². The highest BCUT2D eigenvalue weighted by atomic mass is 16.7. The van der Waals surface area contributed by atoms with Crippen molar-refractivity contribution in [2.45, 2.75) is 52.2 Å². The van der Waals surface area contributed by atoms with Crippen LogP contribution in [-0.2, 0) is 20.5 Å². The van der Waals surface area contributed by atoms with E-state index < -0.39 is 0 Å². The van der Waals surface area contributed by atoms with Crippen molar-refractivity contribution in [3.05, 3.63) is 29.8 Å². The molecule has 0 saturated carbocycles. The number of likely N-dealkylation sites (N-methyl/N-ethyl adjacent to an activating group) is 1. The lowest BCUT2D eigenvalue weighted by atomic mass is 9.79. The fraction of sp³-hybridized carbons (Fsp3) is 0.562. The minimum Gasteiger partial charge on any atom is -0.399 e. The van der Waals surface area contributed by atoms with Crippen molar-refractivity contribution in [2.75, 3.05) is 6.54 Å². The Morgan fingerprint density at radius 2 is 1.62 bits per heavy atom. The summed E-state index contributed by atoms with van der Waals surface area (Å²) < 4.78 is 12.0. The summed E-state index contributed by atoms with van der Waals surface area (Å²) in [6, 6.07) is 7.85. The van der Waals surface area contributed by atoms with Crippen LogP contribution in [0.5, 0.6) is 0 Å². The topological polar surface area (TPSA) is 47.6 Å². The lowest BCUT2D eigenvalue weighted by Gasteiger charge is -2.32. The summed E-state index contributed by atoms with van der Waals surface area (Å²) in [4.78, 5) is 11.6. The van der Waals surface area contributed by atoms with Crippen LogP contribution < -0.4 is 10.8 Å². The predicted octanol–water partition coefficient (Wildman–Crippen LogP) is 1.66. The number of carbonyl (C=O) groups excluding carboxylic acids is 1. The molecule has 1 aliphatic rings. The van der Waals surface area contributed by atoms with E-state index in [1.807, 2.05) is 58.9 Å². The highest BCUT2D eigenvalue weighted by molar-refractivity contribution is 6.62. The quantitative estimate of drug-likeness (QED) is 0.858. The van der Waals surface area contributed by atoms with Gasteiger partial charge in [0, 0.05) is 6.54 Å².